The van der Waals surface area contributed by atoms with Crippen LogP contribution in [0.5, 0.6) is 11.5 Å². The van der Waals surface area contributed by atoms with Crippen LogP contribution >= 0.6 is 24.0 Å². The summed E-state index contributed by atoms with van der Waals surface area (Å²) in [6, 6.07) is 12.1. The average molecular weight is 440 g/mol. The Morgan fingerprint density at radius 2 is 1.97 bits per heavy atom. The van der Waals surface area contributed by atoms with Gasteiger partial charge in [-0.1, -0.05) is 59.9 Å². The number of hydrogen-bond donors (Lipinski definition) is 0. The third-order valence-electron chi connectivity index (χ3n) is 4.73. The summed E-state index contributed by atoms with van der Waals surface area (Å²) >= 11 is 6.63. The van der Waals surface area contributed by atoms with Gasteiger partial charge in [0.25, 0.3) is 5.91 Å². The van der Waals surface area contributed by atoms with Crippen LogP contribution < -0.4 is 9.47 Å². The lowest BCUT2D eigenvalue weighted by molar-refractivity contribution is -0.121. The van der Waals surface area contributed by atoms with E-state index in [0.717, 1.165) is 16.7 Å². The molecular formula is C24H25NO3S2. The first kappa shape index (κ1) is 22.1. The first-order valence-electron chi connectivity index (χ1n) is 9.72. The van der Waals surface area contributed by atoms with Crippen LogP contribution in [0.2, 0.25) is 0 Å². The van der Waals surface area contributed by atoms with E-state index in [0.29, 0.717) is 40.3 Å². The Balaban J connectivity index is 1.92. The van der Waals surface area contributed by atoms with Gasteiger partial charge in [-0.25, -0.2) is 0 Å². The first-order chi connectivity index (χ1) is 14.5. The van der Waals surface area contributed by atoms with Gasteiger partial charge in [0.15, 0.2) is 11.5 Å². The molecule has 0 spiro atoms. The Bertz CT molecular complexity index is 996. The second-order valence-electron chi connectivity index (χ2n) is 6.90. The highest BCUT2D eigenvalue weighted by Gasteiger charge is 2.30. The standard InChI is InChI=1S/C24H25NO3S2/c1-5-7-19-12-18(14-21-23(26)25(6-2)24(29)30-21)13-20(27-4)22(19)28-15-17-10-8-16(3)9-11-17/h5,8-14H,1,6-7,15H2,2-4H3/b21-14-. The topological polar surface area (TPSA) is 38.8 Å². The summed E-state index contributed by atoms with van der Waals surface area (Å²) in [5.74, 6) is 1.26. The van der Waals surface area contributed by atoms with E-state index >= 15 is 0 Å². The molecule has 30 heavy (non-hydrogen) atoms. The molecule has 2 aromatic rings. The second kappa shape index (κ2) is 9.96. The van der Waals surface area contributed by atoms with Crippen molar-refractivity contribution in [3.8, 4) is 11.5 Å². The van der Waals surface area contributed by atoms with Gasteiger partial charge in [-0.15, -0.1) is 6.58 Å². The molecule has 3 rings (SSSR count). The molecule has 6 heteroatoms. The van der Waals surface area contributed by atoms with E-state index in [1.54, 1.807) is 12.0 Å². The van der Waals surface area contributed by atoms with E-state index in [1.807, 2.05) is 31.2 Å². The van der Waals surface area contributed by atoms with Crippen LogP contribution in [0.4, 0.5) is 0 Å². The molecule has 156 valence electrons. The summed E-state index contributed by atoms with van der Waals surface area (Å²) in [4.78, 5) is 14.8. The van der Waals surface area contributed by atoms with Crippen molar-refractivity contribution in [2.24, 2.45) is 0 Å². The Morgan fingerprint density at radius 3 is 2.57 bits per heavy atom. The van der Waals surface area contributed by atoms with Gasteiger partial charge in [0.1, 0.15) is 10.9 Å². The molecule has 1 amide bonds. The average Bonchev–Trinajstić information content (AvgIpc) is 3.00. The zero-order valence-corrected chi connectivity index (χ0v) is 19.1. The van der Waals surface area contributed by atoms with Gasteiger partial charge in [0, 0.05) is 12.1 Å². The molecule has 2 aromatic carbocycles. The highest BCUT2D eigenvalue weighted by molar-refractivity contribution is 8.26. The van der Waals surface area contributed by atoms with E-state index in [1.165, 1.54) is 17.3 Å². The number of allylic oxidation sites excluding steroid dienone is 1. The monoisotopic (exact) mass is 439 g/mol. The van der Waals surface area contributed by atoms with Gasteiger partial charge in [0.05, 0.1) is 12.0 Å². The number of aryl methyl sites for hydroxylation is 1. The molecule has 1 saturated heterocycles. The van der Waals surface area contributed by atoms with E-state index in [-0.39, 0.29) is 5.91 Å². The van der Waals surface area contributed by atoms with Crippen molar-refractivity contribution in [2.75, 3.05) is 13.7 Å². The quantitative estimate of drug-likeness (QED) is 0.307. The zero-order chi connectivity index (χ0) is 21.7. The van der Waals surface area contributed by atoms with Crippen LogP contribution in [0.3, 0.4) is 0 Å². The Kier molecular flexibility index (Phi) is 7.34. The molecule has 1 aliphatic rings. The number of carbonyl (C=O) groups excluding carboxylic acids is 1. The largest absolute Gasteiger partial charge is 0.493 e. The van der Waals surface area contributed by atoms with E-state index in [2.05, 4.69) is 37.8 Å². The number of rotatable bonds is 8. The molecule has 0 bridgehead atoms. The fraction of sp³-hybridized carbons (Fsp3) is 0.250. The molecule has 4 nitrogen and oxygen atoms in total. The maximum Gasteiger partial charge on any atom is 0.266 e. The van der Waals surface area contributed by atoms with Crippen molar-refractivity contribution in [3.63, 3.8) is 0 Å². The molecule has 1 aliphatic heterocycles. The molecule has 0 aliphatic carbocycles. The van der Waals surface area contributed by atoms with E-state index < -0.39 is 0 Å². The molecule has 1 heterocycles. The number of likely N-dealkylation sites (N-methyl/N-ethyl adjacent to an activating group) is 1. The Hall–Kier alpha value is -2.57. The summed E-state index contributed by atoms with van der Waals surface area (Å²) < 4.78 is 12.3. The Labute approximate surface area is 187 Å². The number of hydrogen-bond acceptors (Lipinski definition) is 5. The predicted octanol–water partition coefficient (Wildman–Crippen LogP) is 5.53. The molecule has 0 radical (unpaired) electrons. The summed E-state index contributed by atoms with van der Waals surface area (Å²) in [5, 5.41) is 0. The van der Waals surface area contributed by atoms with Crippen LogP contribution in [0, 0.1) is 6.92 Å². The SMILES string of the molecule is C=CCc1cc(/C=C2\SC(=S)N(CC)C2=O)cc(OC)c1OCc1ccc(C)cc1. The summed E-state index contributed by atoms with van der Waals surface area (Å²) in [7, 11) is 1.62. The van der Waals surface area contributed by atoms with E-state index in [4.69, 9.17) is 21.7 Å². The van der Waals surface area contributed by atoms with Crippen LogP contribution in [0.25, 0.3) is 6.08 Å². The molecule has 1 fully saturated rings. The van der Waals surface area contributed by atoms with Gasteiger partial charge < -0.3 is 9.47 Å². The molecule has 0 N–H and O–H groups in total. The van der Waals surface area contributed by atoms with Crippen LogP contribution in [0.1, 0.15) is 29.2 Å². The van der Waals surface area contributed by atoms with Crippen molar-refractivity contribution in [2.45, 2.75) is 26.9 Å². The van der Waals surface area contributed by atoms with Crippen molar-refractivity contribution in [1.82, 2.24) is 4.90 Å². The number of amides is 1. The predicted molar refractivity (Wildman–Crippen MR) is 128 cm³/mol. The van der Waals surface area contributed by atoms with Gasteiger partial charge in [-0.3, -0.25) is 9.69 Å². The number of thiocarbonyl (C=S) groups is 1. The fourth-order valence-corrected chi connectivity index (χ4v) is 4.54. The number of carbonyl (C=O) groups is 1. The highest BCUT2D eigenvalue weighted by Crippen LogP contribution is 2.37. The van der Waals surface area contributed by atoms with Crippen LogP contribution in [0.15, 0.2) is 54.0 Å². The van der Waals surface area contributed by atoms with Gasteiger partial charge >= 0.3 is 0 Å². The first-order valence-corrected chi connectivity index (χ1v) is 10.9. The van der Waals surface area contributed by atoms with Crippen LogP contribution in [-0.2, 0) is 17.8 Å². The Morgan fingerprint density at radius 1 is 1.23 bits per heavy atom. The van der Waals surface area contributed by atoms with Gasteiger partial charge in [-0.05, 0) is 49.6 Å². The minimum atomic E-state index is -0.0589. The maximum absolute atomic E-state index is 12.5. The zero-order valence-electron chi connectivity index (χ0n) is 17.4. The van der Waals surface area contributed by atoms with Crippen molar-refractivity contribution in [3.05, 3.63) is 76.2 Å². The fourth-order valence-electron chi connectivity index (χ4n) is 3.15. The van der Waals surface area contributed by atoms with Crippen molar-refractivity contribution < 1.29 is 14.3 Å². The minimum absolute atomic E-state index is 0.0589. The smallest absolute Gasteiger partial charge is 0.266 e. The van der Waals surface area contributed by atoms with Crippen molar-refractivity contribution >= 4 is 40.3 Å². The lowest BCUT2D eigenvalue weighted by Gasteiger charge is -2.16. The summed E-state index contributed by atoms with van der Waals surface area (Å²) in [6.45, 7) is 8.84. The lowest BCUT2D eigenvalue weighted by Crippen LogP contribution is -2.27. The third-order valence-corrected chi connectivity index (χ3v) is 6.11. The molecule has 0 aromatic heterocycles. The highest BCUT2D eigenvalue weighted by atomic mass is 32.2. The third kappa shape index (κ3) is 4.94. The van der Waals surface area contributed by atoms with Gasteiger partial charge in [-0.2, -0.15) is 0 Å². The summed E-state index contributed by atoms with van der Waals surface area (Å²) in [6.07, 6.45) is 4.30. The van der Waals surface area contributed by atoms with E-state index in [9.17, 15) is 4.79 Å². The van der Waals surface area contributed by atoms with Gasteiger partial charge in [0.2, 0.25) is 0 Å². The lowest BCUT2D eigenvalue weighted by atomic mass is 10.0. The number of ether oxygens (including phenoxy) is 2. The number of nitrogens with zero attached hydrogens (tertiary/aromatic N) is 1. The molecule has 0 unspecified atom stereocenters. The number of thioether (sulfide) groups is 1. The second-order valence-corrected chi connectivity index (χ2v) is 8.58. The number of methoxy groups -OCH3 is 1. The normalized spacial score (nSPS) is 15.0. The van der Waals surface area contributed by atoms with Crippen LogP contribution in [-0.4, -0.2) is 28.8 Å². The molecule has 0 saturated carbocycles. The molecule has 0 atom stereocenters. The molecular weight excluding hydrogens is 414 g/mol. The maximum atomic E-state index is 12.5. The summed E-state index contributed by atoms with van der Waals surface area (Å²) in [5.41, 5.74) is 4.11. The minimum Gasteiger partial charge on any atom is -0.493 e. The number of benzene rings is 2. The van der Waals surface area contributed by atoms with Crippen molar-refractivity contribution in [1.29, 1.82) is 0 Å².